The van der Waals surface area contributed by atoms with Crippen molar-refractivity contribution in [1.82, 2.24) is 9.80 Å². The molecule has 2 fully saturated rings. The zero-order valence-electron chi connectivity index (χ0n) is 18.8. The summed E-state index contributed by atoms with van der Waals surface area (Å²) in [6.07, 6.45) is 3.67. The van der Waals surface area contributed by atoms with Crippen molar-refractivity contribution in [1.29, 1.82) is 0 Å². The molecular formula is C24H31N3O4S. The molecule has 1 amide bonds. The van der Waals surface area contributed by atoms with Gasteiger partial charge in [-0.05, 0) is 57.0 Å². The van der Waals surface area contributed by atoms with Crippen LogP contribution in [0.2, 0.25) is 0 Å². The summed E-state index contributed by atoms with van der Waals surface area (Å²) >= 11 is 1.35. The van der Waals surface area contributed by atoms with Gasteiger partial charge in [0.15, 0.2) is 0 Å². The van der Waals surface area contributed by atoms with Gasteiger partial charge in [-0.3, -0.25) is 14.6 Å². The number of hydrogen-bond acceptors (Lipinski definition) is 7. The van der Waals surface area contributed by atoms with Crippen molar-refractivity contribution in [2.24, 2.45) is 0 Å². The van der Waals surface area contributed by atoms with Gasteiger partial charge in [0.2, 0.25) is 5.91 Å². The summed E-state index contributed by atoms with van der Waals surface area (Å²) < 4.78 is 10.5. The van der Waals surface area contributed by atoms with Gasteiger partial charge in [-0.15, -0.1) is 11.3 Å². The average Bonchev–Trinajstić information content (AvgIpc) is 3.55. The van der Waals surface area contributed by atoms with Gasteiger partial charge in [0, 0.05) is 30.1 Å². The molecule has 32 heavy (non-hydrogen) atoms. The van der Waals surface area contributed by atoms with Crippen molar-refractivity contribution in [3.05, 3.63) is 35.2 Å². The van der Waals surface area contributed by atoms with Crippen LogP contribution in [0.5, 0.6) is 5.75 Å². The molecule has 0 bridgehead atoms. The number of esters is 1. The van der Waals surface area contributed by atoms with E-state index in [0.29, 0.717) is 23.2 Å². The molecule has 2 aliphatic heterocycles. The molecule has 0 aliphatic carbocycles. The standard InChI is InChI=1S/C24H31N3O4S/c1-3-31-24(29)22-20(17-6-8-19(30-2)9-7-17)16-32-23(22)25-21(28)15-26-13-10-18(14-26)27-11-4-5-12-27/h6-9,16,18H,3-5,10-15H2,1-2H3,(H,25,28). The second kappa shape index (κ2) is 10.5. The van der Waals surface area contributed by atoms with Crippen LogP contribution in [0.1, 0.15) is 36.5 Å². The van der Waals surface area contributed by atoms with Crippen LogP contribution in [0.4, 0.5) is 5.00 Å². The Balaban J connectivity index is 1.45. The van der Waals surface area contributed by atoms with E-state index in [9.17, 15) is 9.59 Å². The number of carbonyl (C=O) groups is 2. The van der Waals surface area contributed by atoms with E-state index in [1.807, 2.05) is 29.6 Å². The molecule has 0 saturated carbocycles. The van der Waals surface area contributed by atoms with Crippen molar-refractivity contribution >= 4 is 28.2 Å². The minimum atomic E-state index is -0.426. The van der Waals surface area contributed by atoms with Gasteiger partial charge in [-0.1, -0.05) is 12.1 Å². The lowest BCUT2D eigenvalue weighted by Gasteiger charge is -2.23. The van der Waals surface area contributed by atoms with E-state index in [-0.39, 0.29) is 12.5 Å². The van der Waals surface area contributed by atoms with E-state index >= 15 is 0 Å². The molecule has 2 aromatic rings. The highest BCUT2D eigenvalue weighted by Crippen LogP contribution is 2.37. The number of carbonyl (C=O) groups excluding carboxylic acids is 2. The molecule has 0 spiro atoms. The Morgan fingerprint density at radius 2 is 1.91 bits per heavy atom. The lowest BCUT2D eigenvalue weighted by molar-refractivity contribution is -0.117. The van der Waals surface area contributed by atoms with E-state index in [0.717, 1.165) is 36.4 Å². The number of nitrogens with zero attached hydrogens (tertiary/aromatic N) is 2. The summed E-state index contributed by atoms with van der Waals surface area (Å²) in [5, 5.41) is 5.40. The predicted molar refractivity (Wildman–Crippen MR) is 127 cm³/mol. The molecule has 8 heteroatoms. The summed E-state index contributed by atoms with van der Waals surface area (Å²) in [6.45, 7) is 6.60. The Kier molecular flexibility index (Phi) is 7.44. The van der Waals surface area contributed by atoms with Crippen molar-refractivity contribution < 1.29 is 19.1 Å². The zero-order chi connectivity index (χ0) is 22.5. The molecule has 1 aromatic carbocycles. The normalized spacial score (nSPS) is 19.2. The van der Waals surface area contributed by atoms with Crippen LogP contribution in [-0.2, 0) is 9.53 Å². The van der Waals surface area contributed by atoms with E-state index in [2.05, 4.69) is 15.1 Å². The fourth-order valence-electron chi connectivity index (χ4n) is 4.57. The molecule has 4 rings (SSSR count). The Morgan fingerprint density at radius 3 is 2.59 bits per heavy atom. The van der Waals surface area contributed by atoms with Gasteiger partial charge in [-0.25, -0.2) is 4.79 Å². The number of amides is 1. The minimum absolute atomic E-state index is 0.0965. The van der Waals surface area contributed by atoms with E-state index < -0.39 is 5.97 Å². The number of rotatable bonds is 8. The first kappa shape index (κ1) is 22.8. The monoisotopic (exact) mass is 457 g/mol. The Hall–Kier alpha value is -2.42. The number of hydrogen-bond donors (Lipinski definition) is 1. The quantitative estimate of drug-likeness (QED) is 0.610. The fraction of sp³-hybridized carbons (Fsp3) is 0.500. The smallest absolute Gasteiger partial charge is 0.341 e. The second-order valence-corrected chi connectivity index (χ2v) is 9.15. The summed E-state index contributed by atoms with van der Waals surface area (Å²) in [4.78, 5) is 30.3. The summed E-state index contributed by atoms with van der Waals surface area (Å²) in [6, 6.07) is 8.06. The van der Waals surface area contributed by atoms with Crippen LogP contribution in [0.3, 0.4) is 0 Å². The van der Waals surface area contributed by atoms with Crippen LogP contribution >= 0.6 is 11.3 Å². The molecule has 2 saturated heterocycles. The van der Waals surface area contributed by atoms with Crippen molar-refractivity contribution in [3.8, 4) is 16.9 Å². The third kappa shape index (κ3) is 5.14. The Labute approximate surface area is 193 Å². The number of anilines is 1. The molecule has 1 unspecified atom stereocenters. The van der Waals surface area contributed by atoms with Gasteiger partial charge < -0.3 is 14.8 Å². The first-order chi connectivity index (χ1) is 15.6. The zero-order valence-corrected chi connectivity index (χ0v) is 19.6. The highest BCUT2D eigenvalue weighted by molar-refractivity contribution is 7.15. The van der Waals surface area contributed by atoms with Gasteiger partial charge in [0.25, 0.3) is 0 Å². The Bertz CT molecular complexity index is 937. The van der Waals surface area contributed by atoms with Gasteiger partial charge >= 0.3 is 5.97 Å². The van der Waals surface area contributed by atoms with Crippen LogP contribution in [0, 0.1) is 0 Å². The third-order valence-electron chi connectivity index (χ3n) is 6.20. The average molecular weight is 458 g/mol. The molecular weight excluding hydrogens is 426 g/mol. The lowest BCUT2D eigenvalue weighted by Crippen LogP contribution is -2.37. The van der Waals surface area contributed by atoms with Gasteiger partial charge in [0.05, 0.1) is 20.3 Å². The highest BCUT2D eigenvalue weighted by Gasteiger charge is 2.30. The van der Waals surface area contributed by atoms with Crippen molar-refractivity contribution in [2.75, 3.05) is 51.8 Å². The maximum absolute atomic E-state index is 12.8. The molecule has 2 aliphatic rings. The molecule has 3 heterocycles. The van der Waals surface area contributed by atoms with E-state index in [1.54, 1.807) is 14.0 Å². The van der Waals surface area contributed by atoms with Crippen molar-refractivity contribution in [2.45, 2.75) is 32.2 Å². The fourth-order valence-corrected chi connectivity index (χ4v) is 5.54. The number of likely N-dealkylation sites (tertiary alicyclic amines) is 2. The minimum Gasteiger partial charge on any atom is -0.497 e. The summed E-state index contributed by atoms with van der Waals surface area (Å²) in [5.41, 5.74) is 2.03. The third-order valence-corrected chi connectivity index (χ3v) is 7.09. The van der Waals surface area contributed by atoms with Gasteiger partial charge in [-0.2, -0.15) is 0 Å². The lowest BCUT2D eigenvalue weighted by atomic mass is 10.0. The van der Waals surface area contributed by atoms with E-state index in [1.165, 1.54) is 37.3 Å². The van der Waals surface area contributed by atoms with Crippen LogP contribution in [0.15, 0.2) is 29.6 Å². The SMILES string of the molecule is CCOC(=O)c1c(-c2ccc(OC)cc2)csc1NC(=O)CN1CCC(N2CCCC2)C1. The molecule has 0 radical (unpaired) electrons. The molecule has 1 N–H and O–H groups in total. The second-order valence-electron chi connectivity index (χ2n) is 8.27. The number of benzene rings is 1. The van der Waals surface area contributed by atoms with E-state index in [4.69, 9.17) is 9.47 Å². The molecule has 172 valence electrons. The summed E-state index contributed by atoms with van der Waals surface area (Å²) in [7, 11) is 1.62. The number of methoxy groups -OCH3 is 1. The first-order valence-electron chi connectivity index (χ1n) is 11.3. The predicted octanol–water partition coefficient (Wildman–Crippen LogP) is 3.71. The number of thiophene rings is 1. The number of ether oxygens (including phenoxy) is 2. The molecule has 1 atom stereocenters. The molecule has 7 nitrogen and oxygen atoms in total. The largest absolute Gasteiger partial charge is 0.497 e. The highest BCUT2D eigenvalue weighted by atomic mass is 32.1. The first-order valence-corrected chi connectivity index (χ1v) is 12.2. The van der Waals surface area contributed by atoms with Crippen molar-refractivity contribution in [3.63, 3.8) is 0 Å². The van der Waals surface area contributed by atoms with Crippen LogP contribution < -0.4 is 10.1 Å². The Morgan fingerprint density at radius 1 is 1.16 bits per heavy atom. The summed E-state index contributed by atoms with van der Waals surface area (Å²) in [5.74, 6) is 0.221. The van der Waals surface area contributed by atoms with Crippen LogP contribution in [0.25, 0.3) is 11.1 Å². The topological polar surface area (TPSA) is 71.1 Å². The molecule has 1 aromatic heterocycles. The number of nitrogens with one attached hydrogen (secondary N) is 1. The van der Waals surface area contributed by atoms with Crippen LogP contribution in [-0.4, -0.2) is 74.2 Å². The maximum Gasteiger partial charge on any atom is 0.341 e. The van der Waals surface area contributed by atoms with Gasteiger partial charge in [0.1, 0.15) is 16.3 Å². The maximum atomic E-state index is 12.8.